The number of aromatic nitrogens is 2. The highest BCUT2D eigenvalue weighted by Gasteiger charge is 2.20. The summed E-state index contributed by atoms with van der Waals surface area (Å²) < 4.78 is 13.3. The second kappa shape index (κ2) is 6.44. The third kappa shape index (κ3) is 2.90. The highest BCUT2D eigenvalue weighted by molar-refractivity contribution is 5.78. The molecular weight excluding hydrogens is 299 g/mol. The van der Waals surface area contributed by atoms with Crippen molar-refractivity contribution < 1.29 is 4.39 Å². The molecule has 2 aromatic carbocycles. The number of imidazole rings is 1. The molecule has 3 heteroatoms. The number of benzene rings is 2. The van der Waals surface area contributed by atoms with Crippen molar-refractivity contribution in [3.05, 3.63) is 78.4 Å². The van der Waals surface area contributed by atoms with Crippen LogP contribution in [0.4, 0.5) is 4.39 Å². The molecule has 0 saturated heterocycles. The summed E-state index contributed by atoms with van der Waals surface area (Å²) in [5.74, 6) is 1.22. The standard InChI is InChI=1S/C21H19FN2/c22-18-13-11-16(12-14-18)20-19(15-7-3-1-4-8-15)23-21(24-20)17-9-5-2-6-10-17/h1-5,7-8,11-14,17H,6,9-10H2,(H,23,24)/t17-/m1/s1. The molecule has 1 heterocycles. The number of nitrogens with one attached hydrogen (secondary N) is 1. The molecule has 4 rings (SSSR count). The third-order valence-electron chi connectivity index (χ3n) is 4.56. The molecule has 0 saturated carbocycles. The first-order chi connectivity index (χ1) is 11.8. The van der Waals surface area contributed by atoms with Crippen molar-refractivity contribution in [1.29, 1.82) is 0 Å². The lowest BCUT2D eigenvalue weighted by atomic mass is 9.94. The van der Waals surface area contributed by atoms with Gasteiger partial charge >= 0.3 is 0 Å². The Bertz CT molecular complexity index is 847. The van der Waals surface area contributed by atoms with Crippen molar-refractivity contribution >= 4 is 0 Å². The number of hydrogen-bond donors (Lipinski definition) is 1. The van der Waals surface area contributed by atoms with E-state index in [-0.39, 0.29) is 5.82 Å². The van der Waals surface area contributed by atoms with Gasteiger partial charge in [-0.1, -0.05) is 42.5 Å². The van der Waals surface area contributed by atoms with Gasteiger partial charge in [0.05, 0.1) is 11.4 Å². The van der Waals surface area contributed by atoms with E-state index in [0.717, 1.165) is 47.6 Å². The van der Waals surface area contributed by atoms with E-state index in [1.807, 2.05) is 18.2 Å². The van der Waals surface area contributed by atoms with Gasteiger partial charge in [0, 0.05) is 17.0 Å². The Hall–Kier alpha value is -2.68. The molecule has 1 N–H and O–H groups in total. The summed E-state index contributed by atoms with van der Waals surface area (Å²) >= 11 is 0. The number of halogens is 1. The van der Waals surface area contributed by atoms with Gasteiger partial charge in [-0.25, -0.2) is 9.37 Å². The van der Waals surface area contributed by atoms with Crippen LogP contribution in [0.5, 0.6) is 0 Å². The van der Waals surface area contributed by atoms with E-state index < -0.39 is 0 Å². The molecular formula is C21H19FN2. The third-order valence-corrected chi connectivity index (χ3v) is 4.56. The summed E-state index contributed by atoms with van der Waals surface area (Å²) in [6, 6.07) is 16.8. The van der Waals surface area contributed by atoms with E-state index in [4.69, 9.17) is 4.98 Å². The summed E-state index contributed by atoms with van der Waals surface area (Å²) in [6.45, 7) is 0. The molecule has 24 heavy (non-hydrogen) atoms. The minimum Gasteiger partial charge on any atom is -0.341 e. The van der Waals surface area contributed by atoms with Gasteiger partial charge in [0.15, 0.2) is 0 Å². The molecule has 1 atom stereocenters. The largest absolute Gasteiger partial charge is 0.341 e. The minimum atomic E-state index is -0.225. The molecule has 3 aromatic rings. The summed E-state index contributed by atoms with van der Waals surface area (Å²) in [6.07, 6.45) is 7.69. The quantitative estimate of drug-likeness (QED) is 0.616. The van der Waals surface area contributed by atoms with Crippen molar-refractivity contribution in [2.24, 2.45) is 0 Å². The van der Waals surface area contributed by atoms with E-state index in [2.05, 4.69) is 29.3 Å². The van der Waals surface area contributed by atoms with Crippen molar-refractivity contribution in [1.82, 2.24) is 9.97 Å². The van der Waals surface area contributed by atoms with Gasteiger partial charge in [-0.2, -0.15) is 0 Å². The predicted octanol–water partition coefficient (Wildman–Crippen LogP) is 5.71. The highest BCUT2D eigenvalue weighted by atomic mass is 19.1. The zero-order valence-electron chi connectivity index (χ0n) is 13.4. The van der Waals surface area contributed by atoms with Gasteiger partial charge in [0.2, 0.25) is 0 Å². The Morgan fingerprint density at radius 1 is 0.917 bits per heavy atom. The maximum atomic E-state index is 13.3. The SMILES string of the molecule is Fc1ccc(-c2[nH]c([C@@H]3CC=CCC3)nc2-c2ccccc2)cc1. The first kappa shape index (κ1) is 14.9. The monoisotopic (exact) mass is 318 g/mol. The van der Waals surface area contributed by atoms with Crippen LogP contribution in [0, 0.1) is 5.82 Å². The lowest BCUT2D eigenvalue weighted by Crippen LogP contribution is -2.02. The number of H-pyrrole nitrogens is 1. The molecule has 0 amide bonds. The Labute approximate surface area is 141 Å². The first-order valence-corrected chi connectivity index (χ1v) is 8.37. The lowest BCUT2D eigenvalue weighted by molar-refractivity contribution is 0.589. The summed E-state index contributed by atoms with van der Waals surface area (Å²) in [7, 11) is 0. The average Bonchev–Trinajstić information content (AvgIpc) is 3.09. The molecule has 1 aromatic heterocycles. The lowest BCUT2D eigenvalue weighted by Gasteiger charge is -2.14. The van der Waals surface area contributed by atoms with Crippen LogP contribution >= 0.6 is 0 Å². The fourth-order valence-electron chi connectivity index (χ4n) is 3.26. The van der Waals surface area contributed by atoms with Crippen LogP contribution in [0.25, 0.3) is 22.5 Å². The van der Waals surface area contributed by atoms with Crippen LogP contribution < -0.4 is 0 Å². The van der Waals surface area contributed by atoms with Gasteiger partial charge in [-0.15, -0.1) is 0 Å². The van der Waals surface area contributed by atoms with Gasteiger partial charge < -0.3 is 4.98 Å². The van der Waals surface area contributed by atoms with Gasteiger partial charge in [0.1, 0.15) is 11.6 Å². The Morgan fingerprint density at radius 3 is 2.42 bits per heavy atom. The second-order valence-electron chi connectivity index (χ2n) is 6.20. The number of aromatic amines is 1. The van der Waals surface area contributed by atoms with Gasteiger partial charge in [-0.3, -0.25) is 0 Å². The van der Waals surface area contributed by atoms with Crippen LogP contribution in [0.2, 0.25) is 0 Å². The predicted molar refractivity (Wildman–Crippen MR) is 95.1 cm³/mol. The maximum absolute atomic E-state index is 13.3. The van der Waals surface area contributed by atoms with E-state index in [0.29, 0.717) is 5.92 Å². The molecule has 0 bridgehead atoms. The van der Waals surface area contributed by atoms with Crippen molar-refractivity contribution in [2.45, 2.75) is 25.2 Å². The minimum absolute atomic E-state index is 0.225. The molecule has 0 fully saturated rings. The Morgan fingerprint density at radius 2 is 1.71 bits per heavy atom. The first-order valence-electron chi connectivity index (χ1n) is 8.37. The van der Waals surface area contributed by atoms with E-state index in [9.17, 15) is 4.39 Å². The van der Waals surface area contributed by atoms with Crippen LogP contribution in [0.1, 0.15) is 31.0 Å². The van der Waals surface area contributed by atoms with Crippen molar-refractivity contribution in [3.8, 4) is 22.5 Å². The molecule has 120 valence electrons. The molecule has 0 unspecified atom stereocenters. The van der Waals surface area contributed by atoms with E-state index in [1.54, 1.807) is 12.1 Å². The van der Waals surface area contributed by atoms with Gasteiger partial charge in [-0.05, 0) is 43.5 Å². The summed E-state index contributed by atoms with van der Waals surface area (Å²) in [5.41, 5.74) is 3.93. The zero-order valence-corrected chi connectivity index (χ0v) is 13.4. The molecule has 0 radical (unpaired) electrons. The summed E-state index contributed by atoms with van der Waals surface area (Å²) in [4.78, 5) is 8.44. The highest BCUT2D eigenvalue weighted by Crippen LogP contribution is 2.35. The summed E-state index contributed by atoms with van der Waals surface area (Å²) in [5, 5.41) is 0. The number of rotatable bonds is 3. The normalized spacial score (nSPS) is 17.1. The van der Waals surface area contributed by atoms with Crippen LogP contribution in [0.3, 0.4) is 0 Å². The number of nitrogens with zero attached hydrogens (tertiary/aromatic N) is 1. The fraction of sp³-hybridized carbons (Fsp3) is 0.190. The topological polar surface area (TPSA) is 28.7 Å². The van der Waals surface area contributed by atoms with E-state index in [1.165, 1.54) is 12.1 Å². The van der Waals surface area contributed by atoms with E-state index >= 15 is 0 Å². The zero-order chi connectivity index (χ0) is 16.4. The molecule has 1 aliphatic rings. The number of hydrogen-bond acceptors (Lipinski definition) is 1. The molecule has 0 aliphatic heterocycles. The maximum Gasteiger partial charge on any atom is 0.123 e. The van der Waals surface area contributed by atoms with Crippen LogP contribution in [-0.2, 0) is 0 Å². The smallest absolute Gasteiger partial charge is 0.123 e. The van der Waals surface area contributed by atoms with Crippen LogP contribution in [-0.4, -0.2) is 9.97 Å². The molecule has 1 aliphatic carbocycles. The van der Waals surface area contributed by atoms with Crippen molar-refractivity contribution in [2.75, 3.05) is 0 Å². The number of allylic oxidation sites excluding steroid dienone is 2. The van der Waals surface area contributed by atoms with Crippen LogP contribution in [0.15, 0.2) is 66.7 Å². The Kier molecular flexibility index (Phi) is 3.99. The average molecular weight is 318 g/mol. The molecule has 2 nitrogen and oxygen atoms in total. The molecule has 0 spiro atoms. The van der Waals surface area contributed by atoms with Gasteiger partial charge in [0.25, 0.3) is 0 Å². The van der Waals surface area contributed by atoms with Crippen molar-refractivity contribution in [3.63, 3.8) is 0 Å². The fourth-order valence-corrected chi connectivity index (χ4v) is 3.26. The Balaban J connectivity index is 1.82. The second-order valence-corrected chi connectivity index (χ2v) is 6.20.